The van der Waals surface area contributed by atoms with Crippen LogP contribution in [0.1, 0.15) is 5.56 Å². The van der Waals surface area contributed by atoms with Crippen LogP contribution in [0.4, 0.5) is 5.82 Å². The van der Waals surface area contributed by atoms with Crippen molar-refractivity contribution in [1.29, 1.82) is 0 Å². The van der Waals surface area contributed by atoms with Crippen LogP contribution in [0.15, 0.2) is 57.2 Å². The van der Waals surface area contributed by atoms with Crippen molar-refractivity contribution in [3.8, 4) is 10.6 Å². The summed E-state index contributed by atoms with van der Waals surface area (Å²) in [5, 5.41) is 9.87. The third-order valence-electron chi connectivity index (χ3n) is 3.48. The summed E-state index contributed by atoms with van der Waals surface area (Å²) in [5.41, 5.74) is 2.79. The molecule has 0 unspecified atom stereocenters. The van der Waals surface area contributed by atoms with E-state index in [-0.39, 0.29) is 0 Å². The molecule has 0 saturated heterocycles. The largest absolute Gasteiger partial charge is 0.366 e. The summed E-state index contributed by atoms with van der Waals surface area (Å²) >= 11 is 8.76. The quantitative estimate of drug-likeness (QED) is 0.462. The molecule has 24 heavy (non-hydrogen) atoms. The minimum absolute atomic E-state index is 0.662. The summed E-state index contributed by atoms with van der Waals surface area (Å²) < 4.78 is 3.70. The number of nitrogens with zero attached hydrogens (tertiary/aromatic N) is 4. The van der Waals surface area contributed by atoms with Gasteiger partial charge < -0.3 is 5.32 Å². The summed E-state index contributed by atoms with van der Waals surface area (Å²) in [6.07, 6.45) is 5.37. The minimum Gasteiger partial charge on any atom is -0.366 e. The molecule has 4 rings (SSSR count). The van der Waals surface area contributed by atoms with E-state index in [1.165, 1.54) is 0 Å². The highest BCUT2D eigenvalue weighted by atomic mass is 79.9. The first-order valence-electron chi connectivity index (χ1n) is 7.13. The topological polar surface area (TPSA) is 55.1 Å². The summed E-state index contributed by atoms with van der Waals surface area (Å²) in [6, 6.07) is 8.01. The Morgan fingerprint density at radius 1 is 1.17 bits per heavy atom. The molecule has 0 fully saturated rings. The van der Waals surface area contributed by atoms with Gasteiger partial charge in [-0.3, -0.25) is 4.98 Å². The van der Waals surface area contributed by atoms with Gasteiger partial charge in [0.25, 0.3) is 0 Å². The van der Waals surface area contributed by atoms with Crippen LogP contribution in [-0.4, -0.2) is 19.6 Å². The van der Waals surface area contributed by atoms with E-state index in [1.807, 2.05) is 35.8 Å². The molecule has 120 valence electrons. The van der Waals surface area contributed by atoms with Crippen molar-refractivity contribution >= 4 is 54.7 Å². The predicted octanol–water partition coefficient (Wildman–Crippen LogP) is 4.99. The molecule has 0 aliphatic carbocycles. The molecule has 8 heteroatoms. The van der Waals surface area contributed by atoms with Crippen molar-refractivity contribution in [2.45, 2.75) is 6.54 Å². The SMILES string of the molecule is Brc1ccsc1-c1cc(NCc2cccnc2)n2ncc(Br)c2n1. The van der Waals surface area contributed by atoms with Gasteiger partial charge in [0.15, 0.2) is 5.65 Å². The molecular weight excluding hydrogens is 454 g/mol. The van der Waals surface area contributed by atoms with Crippen LogP contribution in [0.3, 0.4) is 0 Å². The van der Waals surface area contributed by atoms with Gasteiger partial charge in [0.05, 0.1) is 21.2 Å². The van der Waals surface area contributed by atoms with E-state index in [0.29, 0.717) is 6.54 Å². The first-order chi connectivity index (χ1) is 11.7. The van der Waals surface area contributed by atoms with Gasteiger partial charge in [0.2, 0.25) is 0 Å². The first kappa shape index (κ1) is 15.7. The number of fused-ring (bicyclic) bond motifs is 1. The molecule has 0 radical (unpaired) electrons. The van der Waals surface area contributed by atoms with E-state index in [2.05, 4.69) is 47.3 Å². The third-order valence-corrected chi connectivity index (χ3v) is 5.89. The van der Waals surface area contributed by atoms with Gasteiger partial charge in [-0.25, -0.2) is 4.98 Å². The Hall–Kier alpha value is -1.77. The molecule has 4 aromatic heterocycles. The van der Waals surface area contributed by atoms with Gasteiger partial charge in [-0.2, -0.15) is 9.61 Å². The zero-order valence-corrected chi connectivity index (χ0v) is 16.3. The lowest BCUT2D eigenvalue weighted by Gasteiger charge is -2.10. The Bertz CT molecular complexity index is 996. The lowest BCUT2D eigenvalue weighted by atomic mass is 10.3. The summed E-state index contributed by atoms with van der Waals surface area (Å²) in [4.78, 5) is 9.97. The lowest BCUT2D eigenvalue weighted by Crippen LogP contribution is -2.06. The molecule has 0 aliphatic rings. The molecular formula is C16H11Br2N5S. The predicted molar refractivity (Wildman–Crippen MR) is 103 cm³/mol. The number of hydrogen-bond acceptors (Lipinski definition) is 5. The fraction of sp³-hybridized carbons (Fsp3) is 0.0625. The third kappa shape index (κ3) is 2.97. The van der Waals surface area contributed by atoms with Crippen molar-refractivity contribution in [3.63, 3.8) is 0 Å². The number of nitrogens with one attached hydrogen (secondary N) is 1. The maximum atomic E-state index is 4.74. The van der Waals surface area contributed by atoms with E-state index in [1.54, 1.807) is 28.2 Å². The smallest absolute Gasteiger partial charge is 0.172 e. The average Bonchev–Trinajstić information content (AvgIpc) is 3.20. The van der Waals surface area contributed by atoms with Crippen molar-refractivity contribution in [2.24, 2.45) is 0 Å². The molecule has 0 atom stereocenters. The molecule has 4 aromatic rings. The van der Waals surface area contributed by atoms with Gasteiger partial charge in [-0.15, -0.1) is 11.3 Å². The number of anilines is 1. The van der Waals surface area contributed by atoms with Crippen LogP contribution in [-0.2, 0) is 6.54 Å². The highest BCUT2D eigenvalue weighted by Crippen LogP contribution is 2.34. The number of aromatic nitrogens is 4. The van der Waals surface area contributed by atoms with Gasteiger partial charge in [-0.1, -0.05) is 6.07 Å². The molecule has 0 spiro atoms. The Kier molecular flexibility index (Phi) is 4.34. The van der Waals surface area contributed by atoms with Crippen LogP contribution in [0.5, 0.6) is 0 Å². The number of hydrogen-bond donors (Lipinski definition) is 1. The van der Waals surface area contributed by atoms with Crippen molar-refractivity contribution in [2.75, 3.05) is 5.32 Å². The summed E-state index contributed by atoms with van der Waals surface area (Å²) in [5.74, 6) is 0.879. The highest BCUT2D eigenvalue weighted by Gasteiger charge is 2.14. The zero-order valence-electron chi connectivity index (χ0n) is 12.3. The Labute approximate surface area is 159 Å². The monoisotopic (exact) mass is 463 g/mol. The Morgan fingerprint density at radius 3 is 2.83 bits per heavy atom. The van der Waals surface area contributed by atoms with Crippen molar-refractivity contribution in [1.82, 2.24) is 19.6 Å². The molecule has 4 heterocycles. The molecule has 0 amide bonds. The van der Waals surface area contributed by atoms with Crippen molar-refractivity contribution < 1.29 is 0 Å². The first-order valence-corrected chi connectivity index (χ1v) is 9.59. The standard InChI is InChI=1S/C16H11Br2N5S/c17-11-3-5-24-15(11)13-6-14(20-8-10-2-1-4-19-7-10)23-16(22-13)12(18)9-21-23/h1-7,9,20H,8H2. The number of pyridine rings is 1. The molecule has 0 bridgehead atoms. The van der Waals surface area contributed by atoms with Gasteiger partial charge in [0.1, 0.15) is 5.82 Å². The van der Waals surface area contributed by atoms with Crippen LogP contribution in [0.25, 0.3) is 16.2 Å². The van der Waals surface area contributed by atoms with Crippen LogP contribution in [0.2, 0.25) is 0 Å². The fourth-order valence-electron chi connectivity index (χ4n) is 2.35. The molecule has 0 aromatic carbocycles. The lowest BCUT2D eigenvalue weighted by molar-refractivity contribution is 0.925. The van der Waals surface area contributed by atoms with Crippen LogP contribution in [0, 0.1) is 0 Å². The second-order valence-corrected chi connectivity index (χ2v) is 7.69. The normalized spacial score (nSPS) is 11.1. The second kappa shape index (κ2) is 6.62. The molecule has 0 aliphatic heterocycles. The number of thiophene rings is 1. The Morgan fingerprint density at radius 2 is 2.08 bits per heavy atom. The molecule has 5 nitrogen and oxygen atoms in total. The maximum Gasteiger partial charge on any atom is 0.172 e. The van der Waals surface area contributed by atoms with E-state index >= 15 is 0 Å². The Balaban J connectivity index is 1.77. The summed E-state index contributed by atoms with van der Waals surface area (Å²) in [7, 11) is 0. The number of halogens is 2. The average molecular weight is 465 g/mol. The van der Waals surface area contributed by atoms with E-state index < -0.39 is 0 Å². The maximum absolute atomic E-state index is 4.74. The van der Waals surface area contributed by atoms with E-state index in [0.717, 1.165) is 36.5 Å². The summed E-state index contributed by atoms with van der Waals surface area (Å²) in [6.45, 7) is 0.662. The van der Waals surface area contributed by atoms with Crippen molar-refractivity contribution in [3.05, 3.63) is 62.7 Å². The van der Waals surface area contributed by atoms with E-state index in [4.69, 9.17) is 4.98 Å². The zero-order chi connectivity index (χ0) is 16.5. The fourth-order valence-corrected chi connectivity index (χ4v) is 4.24. The van der Waals surface area contributed by atoms with Gasteiger partial charge in [-0.05, 0) is 54.9 Å². The van der Waals surface area contributed by atoms with Gasteiger partial charge in [0, 0.05) is 29.5 Å². The van der Waals surface area contributed by atoms with Crippen LogP contribution < -0.4 is 5.32 Å². The van der Waals surface area contributed by atoms with Gasteiger partial charge >= 0.3 is 0 Å². The molecule has 0 saturated carbocycles. The minimum atomic E-state index is 0.662. The molecule has 1 N–H and O–H groups in total. The number of rotatable bonds is 4. The highest BCUT2D eigenvalue weighted by molar-refractivity contribution is 9.11. The van der Waals surface area contributed by atoms with Crippen LogP contribution >= 0.6 is 43.2 Å². The van der Waals surface area contributed by atoms with E-state index in [9.17, 15) is 0 Å². The second-order valence-electron chi connectivity index (χ2n) is 5.07.